The number of methoxy groups -OCH3 is 1. The fraction of sp³-hybridized carbons (Fsp3) is 0.333. The maximum Gasteiger partial charge on any atom is 0.260 e. The molecule has 0 fully saturated rings. The van der Waals surface area contributed by atoms with Gasteiger partial charge in [-0.25, -0.2) is 18.4 Å². The van der Waals surface area contributed by atoms with Crippen molar-refractivity contribution in [2.24, 2.45) is 0 Å². The highest BCUT2D eigenvalue weighted by Crippen LogP contribution is 2.35. The Hall–Kier alpha value is -3.67. The van der Waals surface area contributed by atoms with Crippen molar-refractivity contribution in [2.45, 2.75) is 19.9 Å². The fourth-order valence-corrected chi connectivity index (χ4v) is 3.91. The second kappa shape index (κ2) is 9.86. The van der Waals surface area contributed by atoms with Crippen LogP contribution in [-0.4, -0.2) is 54.6 Å². The molecule has 0 unspecified atom stereocenters. The highest BCUT2D eigenvalue weighted by Gasteiger charge is 2.18. The number of carbonyl (C=O) groups is 1. The molecule has 0 aliphatic heterocycles. The highest BCUT2D eigenvalue weighted by molar-refractivity contribution is 7.90. The van der Waals surface area contributed by atoms with E-state index < -0.39 is 15.7 Å². The molecule has 0 radical (unpaired) electrons. The lowest BCUT2D eigenvalue weighted by atomic mass is 10.1. The Bertz CT molecular complexity index is 1340. The van der Waals surface area contributed by atoms with E-state index in [-0.39, 0.29) is 35.2 Å². The summed E-state index contributed by atoms with van der Waals surface area (Å²) in [6, 6.07) is 4.84. The molecular formula is C21H25N5O6S. The minimum atomic E-state index is -3.10. The van der Waals surface area contributed by atoms with E-state index in [2.05, 4.69) is 15.3 Å². The molecule has 176 valence electrons. The topological polar surface area (TPSA) is 156 Å². The molecule has 2 aromatic heterocycles. The number of hydrogen-bond donors (Lipinski definition) is 2. The first-order chi connectivity index (χ1) is 15.6. The van der Waals surface area contributed by atoms with Crippen LogP contribution in [0, 0.1) is 0 Å². The number of aromatic nitrogens is 3. The van der Waals surface area contributed by atoms with E-state index in [0.29, 0.717) is 35.2 Å². The summed E-state index contributed by atoms with van der Waals surface area (Å²) in [6.45, 7) is 2.25. The van der Waals surface area contributed by atoms with E-state index >= 15 is 0 Å². The number of nitrogen functional groups attached to an aromatic ring is 1. The molecule has 1 amide bonds. The maximum absolute atomic E-state index is 13.1. The van der Waals surface area contributed by atoms with Crippen LogP contribution in [0.25, 0.3) is 10.8 Å². The quantitative estimate of drug-likeness (QED) is 0.438. The van der Waals surface area contributed by atoms with Crippen LogP contribution in [0.2, 0.25) is 0 Å². The second-order valence-electron chi connectivity index (χ2n) is 7.25. The van der Waals surface area contributed by atoms with Crippen molar-refractivity contribution in [1.82, 2.24) is 14.5 Å². The van der Waals surface area contributed by atoms with Gasteiger partial charge in [-0.05, 0) is 31.5 Å². The van der Waals surface area contributed by atoms with Gasteiger partial charge in [0.2, 0.25) is 5.95 Å². The van der Waals surface area contributed by atoms with Crippen LogP contribution in [0.4, 0.5) is 11.8 Å². The summed E-state index contributed by atoms with van der Waals surface area (Å²) in [5.41, 5.74) is 5.32. The molecule has 0 bridgehead atoms. The van der Waals surface area contributed by atoms with Crippen molar-refractivity contribution in [3.8, 4) is 11.5 Å². The van der Waals surface area contributed by atoms with Crippen LogP contribution in [0.5, 0.6) is 11.5 Å². The zero-order valence-corrected chi connectivity index (χ0v) is 19.3. The Balaban J connectivity index is 1.99. The van der Waals surface area contributed by atoms with Crippen molar-refractivity contribution in [3.63, 3.8) is 0 Å². The van der Waals surface area contributed by atoms with E-state index in [9.17, 15) is 18.0 Å². The van der Waals surface area contributed by atoms with Gasteiger partial charge in [-0.3, -0.25) is 14.2 Å². The van der Waals surface area contributed by atoms with Crippen molar-refractivity contribution in [1.29, 1.82) is 0 Å². The summed E-state index contributed by atoms with van der Waals surface area (Å²) < 4.78 is 35.3. The van der Waals surface area contributed by atoms with Gasteiger partial charge in [-0.15, -0.1) is 0 Å². The number of nitrogens with two attached hydrogens (primary N) is 1. The number of ether oxygens (including phenoxy) is 2. The monoisotopic (exact) mass is 475 g/mol. The van der Waals surface area contributed by atoms with Crippen molar-refractivity contribution in [3.05, 3.63) is 46.5 Å². The Morgan fingerprint density at radius 2 is 1.91 bits per heavy atom. The van der Waals surface area contributed by atoms with Crippen molar-refractivity contribution < 1.29 is 22.7 Å². The number of benzene rings is 1. The molecular weight excluding hydrogens is 450 g/mol. The van der Waals surface area contributed by atoms with E-state index in [1.54, 1.807) is 25.1 Å². The first-order valence-electron chi connectivity index (χ1n) is 10.1. The van der Waals surface area contributed by atoms with Gasteiger partial charge in [-0.2, -0.15) is 0 Å². The summed E-state index contributed by atoms with van der Waals surface area (Å²) in [5.74, 6) is 0.439. The predicted octanol–water partition coefficient (Wildman–Crippen LogP) is 1.47. The highest BCUT2D eigenvalue weighted by atomic mass is 32.2. The molecule has 3 aromatic rings. The minimum Gasteiger partial charge on any atom is -0.492 e. The first kappa shape index (κ1) is 24.0. The van der Waals surface area contributed by atoms with Gasteiger partial charge in [0.1, 0.15) is 15.7 Å². The average molecular weight is 476 g/mol. The van der Waals surface area contributed by atoms with Gasteiger partial charge in [0, 0.05) is 30.6 Å². The Morgan fingerprint density at radius 1 is 1.21 bits per heavy atom. The zero-order chi connectivity index (χ0) is 24.2. The molecule has 0 saturated heterocycles. The average Bonchev–Trinajstić information content (AvgIpc) is 2.76. The Labute approximate surface area is 190 Å². The van der Waals surface area contributed by atoms with Gasteiger partial charge < -0.3 is 20.5 Å². The lowest BCUT2D eigenvalue weighted by Crippen LogP contribution is -2.25. The van der Waals surface area contributed by atoms with Gasteiger partial charge >= 0.3 is 0 Å². The molecule has 2 heterocycles. The minimum absolute atomic E-state index is 0.00483. The van der Waals surface area contributed by atoms with Crippen molar-refractivity contribution >= 4 is 38.3 Å². The third-order valence-corrected chi connectivity index (χ3v) is 5.85. The van der Waals surface area contributed by atoms with Crippen molar-refractivity contribution in [2.75, 3.05) is 36.8 Å². The number of anilines is 2. The number of sulfone groups is 1. The molecule has 0 aliphatic rings. The molecule has 3 rings (SSSR count). The maximum atomic E-state index is 13.1. The smallest absolute Gasteiger partial charge is 0.260 e. The molecule has 12 heteroatoms. The first-order valence-corrected chi connectivity index (χ1v) is 12.1. The largest absolute Gasteiger partial charge is 0.492 e. The summed E-state index contributed by atoms with van der Waals surface area (Å²) >= 11 is 0. The molecule has 3 N–H and O–H groups in total. The van der Waals surface area contributed by atoms with Gasteiger partial charge in [0.05, 0.1) is 30.4 Å². The molecule has 0 saturated carbocycles. The van der Waals surface area contributed by atoms with Crippen LogP contribution in [0.1, 0.15) is 23.7 Å². The molecule has 0 atom stereocenters. The van der Waals surface area contributed by atoms with Crippen LogP contribution in [-0.2, 0) is 16.4 Å². The Kier molecular flexibility index (Phi) is 7.16. The number of fused-ring (bicyclic) bond motifs is 1. The van der Waals surface area contributed by atoms with Gasteiger partial charge in [0.15, 0.2) is 11.5 Å². The number of hydrogen-bond acceptors (Lipinski definition) is 9. The van der Waals surface area contributed by atoms with E-state index in [1.807, 2.05) is 0 Å². The van der Waals surface area contributed by atoms with E-state index in [1.165, 1.54) is 24.1 Å². The van der Waals surface area contributed by atoms with Crippen LogP contribution in [0.3, 0.4) is 0 Å². The van der Waals surface area contributed by atoms with E-state index in [4.69, 9.17) is 15.2 Å². The third kappa shape index (κ3) is 5.58. The number of amides is 1. The number of nitrogens with zero attached hydrogens (tertiary/aromatic N) is 3. The summed E-state index contributed by atoms with van der Waals surface area (Å²) in [7, 11) is -1.66. The standard InChI is InChI=1S/C21H25N5O6S/c1-4-26-17(25-19(27)13-11-23-21(22)24-12-13)10-15-14(20(26)28)6-7-16(18(15)31-2)32-8-5-9-33(3,29)30/h6-7,10-12H,4-5,8-9H2,1-3H3,(H,25,27)(H2,22,23,24). The molecule has 11 nitrogen and oxygen atoms in total. The van der Waals surface area contributed by atoms with Crippen LogP contribution >= 0.6 is 0 Å². The number of pyridine rings is 1. The number of carbonyl (C=O) groups excluding carboxylic acids is 1. The molecule has 0 spiro atoms. The Morgan fingerprint density at radius 3 is 2.52 bits per heavy atom. The zero-order valence-electron chi connectivity index (χ0n) is 18.5. The summed E-state index contributed by atoms with van der Waals surface area (Å²) in [4.78, 5) is 33.4. The summed E-state index contributed by atoms with van der Waals surface area (Å²) in [6.07, 6.45) is 4.05. The normalized spacial score (nSPS) is 11.4. The van der Waals surface area contributed by atoms with E-state index in [0.717, 1.165) is 6.26 Å². The number of nitrogens with one attached hydrogen (secondary N) is 1. The second-order valence-corrected chi connectivity index (χ2v) is 9.51. The van der Waals surface area contributed by atoms with Gasteiger partial charge in [-0.1, -0.05) is 0 Å². The number of rotatable bonds is 9. The van der Waals surface area contributed by atoms with Crippen LogP contribution < -0.4 is 26.1 Å². The van der Waals surface area contributed by atoms with Crippen LogP contribution in [0.15, 0.2) is 35.4 Å². The summed E-state index contributed by atoms with van der Waals surface area (Å²) in [5, 5.41) is 3.53. The molecule has 33 heavy (non-hydrogen) atoms. The third-order valence-electron chi connectivity index (χ3n) is 4.82. The van der Waals surface area contributed by atoms with Gasteiger partial charge in [0.25, 0.3) is 11.5 Å². The lowest BCUT2D eigenvalue weighted by molar-refractivity contribution is 0.102. The SMILES string of the molecule is CCn1c(NC(=O)c2cnc(N)nc2)cc2c(OC)c(OCCCS(C)(=O)=O)ccc2c1=O. The predicted molar refractivity (Wildman–Crippen MR) is 125 cm³/mol. The fourth-order valence-electron chi connectivity index (χ4n) is 3.27. The lowest BCUT2D eigenvalue weighted by Gasteiger charge is -2.17. The molecule has 0 aliphatic carbocycles. The molecule has 1 aromatic carbocycles.